The number of amides is 1. The van der Waals surface area contributed by atoms with Gasteiger partial charge in [-0.1, -0.05) is 12.1 Å². The maximum Gasteiger partial charge on any atom is 0.410 e. The van der Waals surface area contributed by atoms with E-state index in [-0.39, 0.29) is 11.6 Å². The SMILES string of the molecule is CC(C)(C)OC(=O)N1CCCC(=O)C1Cc1ccc(F)cc1. The van der Waals surface area contributed by atoms with Crippen LogP contribution in [0.5, 0.6) is 0 Å². The number of likely N-dealkylation sites (tertiary alicyclic amines) is 1. The predicted octanol–water partition coefficient (Wildman–Crippen LogP) is 3.34. The number of benzene rings is 1. The minimum atomic E-state index is -0.599. The lowest BCUT2D eigenvalue weighted by Crippen LogP contribution is -2.51. The number of hydrogen-bond acceptors (Lipinski definition) is 3. The molecule has 0 saturated carbocycles. The molecule has 1 unspecified atom stereocenters. The summed E-state index contributed by atoms with van der Waals surface area (Å²) in [6.07, 6.45) is 1.04. The van der Waals surface area contributed by atoms with Crippen LogP contribution in [0.1, 0.15) is 39.2 Å². The van der Waals surface area contributed by atoms with Crippen LogP contribution in [-0.2, 0) is 16.0 Å². The molecule has 5 heteroatoms. The predicted molar refractivity (Wildman–Crippen MR) is 81.1 cm³/mol. The molecule has 4 nitrogen and oxygen atoms in total. The van der Waals surface area contributed by atoms with E-state index in [0.717, 1.165) is 5.56 Å². The van der Waals surface area contributed by atoms with E-state index in [1.54, 1.807) is 32.9 Å². The Bertz CT molecular complexity index is 548. The normalized spacial score (nSPS) is 19.2. The third-order valence-corrected chi connectivity index (χ3v) is 3.54. The highest BCUT2D eigenvalue weighted by Crippen LogP contribution is 2.21. The molecule has 1 fully saturated rings. The van der Waals surface area contributed by atoms with Crippen LogP contribution < -0.4 is 0 Å². The number of piperidine rings is 1. The Balaban J connectivity index is 2.14. The number of Topliss-reactive ketones (excluding diaryl/α,β-unsaturated/α-hetero) is 1. The zero-order valence-corrected chi connectivity index (χ0v) is 13.3. The van der Waals surface area contributed by atoms with Gasteiger partial charge in [-0.2, -0.15) is 0 Å². The van der Waals surface area contributed by atoms with Crippen LogP contribution in [0.2, 0.25) is 0 Å². The Morgan fingerprint density at radius 3 is 2.55 bits per heavy atom. The molecule has 0 aromatic heterocycles. The van der Waals surface area contributed by atoms with E-state index in [2.05, 4.69) is 0 Å². The fourth-order valence-corrected chi connectivity index (χ4v) is 2.53. The zero-order valence-electron chi connectivity index (χ0n) is 13.3. The summed E-state index contributed by atoms with van der Waals surface area (Å²) in [7, 11) is 0. The van der Waals surface area contributed by atoms with E-state index < -0.39 is 17.7 Å². The van der Waals surface area contributed by atoms with Gasteiger partial charge in [-0.25, -0.2) is 9.18 Å². The summed E-state index contributed by atoms with van der Waals surface area (Å²) in [6.45, 7) is 5.90. The van der Waals surface area contributed by atoms with Crippen molar-refractivity contribution >= 4 is 11.9 Å². The van der Waals surface area contributed by atoms with Crippen molar-refractivity contribution in [3.05, 3.63) is 35.6 Å². The first kappa shape index (κ1) is 16.5. The molecule has 1 amide bonds. The van der Waals surface area contributed by atoms with Gasteiger partial charge in [0.1, 0.15) is 11.4 Å². The Morgan fingerprint density at radius 1 is 1.32 bits per heavy atom. The number of carbonyl (C=O) groups is 2. The van der Waals surface area contributed by atoms with Crippen molar-refractivity contribution in [2.75, 3.05) is 6.54 Å². The Labute approximate surface area is 130 Å². The van der Waals surface area contributed by atoms with E-state index in [0.29, 0.717) is 25.8 Å². The van der Waals surface area contributed by atoms with Gasteiger partial charge in [-0.3, -0.25) is 9.69 Å². The molecule has 0 N–H and O–H groups in total. The van der Waals surface area contributed by atoms with E-state index in [4.69, 9.17) is 4.74 Å². The minimum absolute atomic E-state index is 0.0291. The van der Waals surface area contributed by atoms with E-state index in [1.807, 2.05) is 0 Å². The van der Waals surface area contributed by atoms with Crippen molar-refractivity contribution in [3.8, 4) is 0 Å². The average Bonchev–Trinajstić information content (AvgIpc) is 2.41. The first-order valence-electron chi connectivity index (χ1n) is 7.53. The molecule has 1 aliphatic heterocycles. The summed E-state index contributed by atoms with van der Waals surface area (Å²) in [4.78, 5) is 26.0. The second-order valence-electron chi connectivity index (χ2n) is 6.59. The summed E-state index contributed by atoms with van der Waals surface area (Å²) < 4.78 is 18.4. The number of rotatable bonds is 2. The summed E-state index contributed by atoms with van der Waals surface area (Å²) in [6, 6.07) is 5.48. The Hall–Kier alpha value is -1.91. The smallest absolute Gasteiger partial charge is 0.410 e. The molecule has 1 aromatic carbocycles. The fourth-order valence-electron chi connectivity index (χ4n) is 2.53. The maximum atomic E-state index is 13.0. The first-order valence-corrected chi connectivity index (χ1v) is 7.53. The number of carbonyl (C=O) groups excluding carboxylic acids is 2. The lowest BCUT2D eigenvalue weighted by Gasteiger charge is -2.35. The van der Waals surface area contributed by atoms with Crippen LogP contribution in [-0.4, -0.2) is 35.0 Å². The van der Waals surface area contributed by atoms with Gasteiger partial charge in [0.15, 0.2) is 5.78 Å². The summed E-state index contributed by atoms with van der Waals surface area (Å²) in [5.74, 6) is -0.288. The van der Waals surface area contributed by atoms with E-state index in [9.17, 15) is 14.0 Å². The third-order valence-electron chi connectivity index (χ3n) is 3.54. The van der Waals surface area contributed by atoms with Crippen LogP contribution in [0, 0.1) is 5.82 Å². The monoisotopic (exact) mass is 307 g/mol. The van der Waals surface area contributed by atoms with Gasteiger partial charge in [-0.05, 0) is 44.9 Å². The molecule has 1 atom stereocenters. The highest BCUT2D eigenvalue weighted by molar-refractivity contribution is 5.88. The zero-order chi connectivity index (χ0) is 16.3. The molecule has 1 aromatic rings. The molecule has 0 spiro atoms. The highest BCUT2D eigenvalue weighted by Gasteiger charge is 2.35. The lowest BCUT2D eigenvalue weighted by molar-refractivity contribution is -0.126. The molecule has 1 heterocycles. The molecular formula is C17H22FNO3. The molecule has 0 radical (unpaired) electrons. The minimum Gasteiger partial charge on any atom is -0.444 e. The van der Waals surface area contributed by atoms with Crippen LogP contribution >= 0.6 is 0 Å². The standard InChI is InChI=1S/C17H22FNO3/c1-17(2,3)22-16(21)19-10-4-5-15(20)14(19)11-12-6-8-13(18)9-7-12/h6-9,14H,4-5,10-11H2,1-3H3. The maximum absolute atomic E-state index is 13.0. The van der Waals surface area contributed by atoms with Crippen LogP contribution in [0.3, 0.4) is 0 Å². The van der Waals surface area contributed by atoms with Crippen molar-refractivity contribution < 1.29 is 18.7 Å². The van der Waals surface area contributed by atoms with Crippen molar-refractivity contribution in [1.29, 1.82) is 0 Å². The first-order chi connectivity index (χ1) is 10.3. The van der Waals surface area contributed by atoms with Crippen LogP contribution in [0.25, 0.3) is 0 Å². The summed E-state index contributed by atoms with van der Waals surface area (Å²) in [5.41, 5.74) is 0.230. The second-order valence-corrected chi connectivity index (χ2v) is 6.59. The average molecular weight is 307 g/mol. The molecule has 1 aliphatic rings. The molecule has 22 heavy (non-hydrogen) atoms. The largest absolute Gasteiger partial charge is 0.444 e. The Morgan fingerprint density at radius 2 is 1.95 bits per heavy atom. The van der Waals surface area contributed by atoms with Crippen molar-refractivity contribution in [1.82, 2.24) is 4.90 Å². The summed E-state index contributed by atoms with van der Waals surface area (Å²) >= 11 is 0. The quantitative estimate of drug-likeness (QED) is 0.842. The van der Waals surface area contributed by atoms with Gasteiger partial charge >= 0.3 is 6.09 Å². The van der Waals surface area contributed by atoms with E-state index in [1.165, 1.54) is 17.0 Å². The lowest BCUT2D eigenvalue weighted by atomic mass is 9.95. The Kier molecular flexibility index (Phi) is 4.84. The molecule has 0 aliphatic carbocycles. The molecule has 2 rings (SSSR count). The van der Waals surface area contributed by atoms with Crippen LogP contribution in [0.15, 0.2) is 24.3 Å². The van der Waals surface area contributed by atoms with Gasteiger partial charge in [0.2, 0.25) is 0 Å². The molecule has 1 saturated heterocycles. The van der Waals surface area contributed by atoms with Gasteiger partial charge in [0.25, 0.3) is 0 Å². The van der Waals surface area contributed by atoms with Gasteiger partial charge in [0.05, 0.1) is 6.04 Å². The number of ketones is 1. The van der Waals surface area contributed by atoms with Crippen molar-refractivity contribution in [3.63, 3.8) is 0 Å². The number of nitrogens with zero attached hydrogens (tertiary/aromatic N) is 1. The number of hydrogen-bond donors (Lipinski definition) is 0. The molecule has 120 valence electrons. The van der Waals surface area contributed by atoms with Crippen molar-refractivity contribution in [2.45, 2.75) is 51.7 Å². The third kappa shape index (κ3) is 4.29. The highest BCUT2D eigenvalue weighted by atomic mass is 19.1. The number of halogens is 1. The van der Waals surface area contributed by atoms with Gasteiger partial charge < -0.3 is 4.74 Å². The molecular weight excluding hydrogens is 285 g/mol. The summed E-state index contributed by atoms with van der Waals surface area (Å²) in [5, 5.41) is 0. The topological polar surface area (TPSA) is 46.6 Å². The second kappa shape index (κ2) is 6.46. The van der Waals surface area contributed by atoms with Crippen LogP contribution in [0.4, 0.5) is 9.18 Å². The van der Waals surface area contributed by atoms with Gasteiger partial charge in [-0.15, -0.1) is 0 Å². The molecule has 0 bridgehead atoms. The van der Waals surface area contributed by atoms with E-state index >= 15 is 0 Å². The van der Waals surface area contributed by atoms with Crippen molar-refractivity contribution in [2.24, 2.45) is 0 Å². The number of ether oxygens (including phenoxy) is 1. The van der Waals surface area contributed by atoms with Gasteiger partial charge in [0, 0.05) is 19.4 Å². The fraction of sp³-hybridized carbons (Fsp3) is 0.529.